The molecule has 7 heteroatoms. The highest BCUT2D eigenvalue weighted by Gasteiger charge is 2.33. The molecule has 1 amide bonds. The van der Waals surface area contributed by atoms with Gasteiger partial charge in [0, 0.05) is 18.8 Å². The van der Waals surface area contributed by atoms with Crippen molar-refractivity contribution in [3.05, 3.63) is 18.0 Å². The van der Waals surface area contributed by atoms with Gasteiger partial charge in [-0.15, -0.1) is 0 Å². The van der Waals surface area contributed by atoms with Gasteiger partial charge in [-0.3, -0.25) is 9.48 Å². The monoisotopic (exact) mass is 281 g/mol. The third-order valence-corrected chi connectivity index (χ3v) is 3.18. The van der Waals surface area contributed by atoms with Crippen LogP contribution in [0.15, 0.2) is 12.3 Å². The van der Waals surface area contributed by atoms with Crippen molar-refractivity contribution in [1.29, 1.82) is 0 Å². The van der Waals surface area contributed by atoms with Crippen LogP contribution >= 0.6 is 0 Å². The number of nitrogens with zero attached hydrogens (tertiary/aromatic N) is 3. The van der Waals surface area contributed by atoms with Gasteiger partial charge in [-0.05, 0) is 26.8 Å². The van der Waals surface area contributed by atoms with Crippen LogP contribution < -0.4 is 0 Å². The predicted octanol–water partition coefficient (Wildman–Crippen LogP) is 0.778. The molecule has 0 aromatic carbocycles. The summed E-state index contributed by atoms with van der Waals surface area (Å²) in [6.45, 7) is 6.11. The Morgan fingerprint density at radius 2 is 2.15 bits per heavy atom. The van der Waals surface area contributed by atoms with E-state index in [0.717, 1.165) is 0 Å². The average molecular weight is 281 g/mol. The molecule has 2 atom stereocenters. The predicted molar refractivity (Wildman–Crippen MR) is 70.5 cm³/mol. The number of aromatic nitrogens is 2. The molecule has 0 spiro atoms. The van der Waals surface area contributed by atoms with Crippen LogP contribution in [0, 0.1) is 0 Å². The van der Waals surface area contributed by atoms with E-state index in [1.807, 2.05) is 13.8 Å². The minimum atomic E-state index is -1.05. The molecule has 1 N–H and O–H groups in total. The van der Waals surface area contributed by atoms with E-state index in [2.05, 4.69) is 5.10 Å². The number of hydrogen-bond donors (Lipinski definition) is 1. The molecule has 1 unspecified atom stereocenters. The van der Waals surface area contributed by atoms with Gasteiger partial charge in [0.15, 0.2) is 6.10 Å². The Kier molecular flexibility index (Phi) is 4.08. The van der Waals surface area contributed by atoms with Gasteiger partial charge in [0.25, 0.3) is 5.91 Å². The molecule has 1 aliphatic rings. The van der Waals surface area contributed by atoms with Crippen molar-refractivity contribution in [2.45, 2.75) is 39.0 Å². The van der Waals surface area contributed by atoms with Gasteiger partial charge in [-0.1, -0.05) is 0 Å². The summed E-state index contributed by atoms with van der Waals surface area (Å²) in [6, 6.07) is 1.82. The molecule has 110 valence electrons. The van der Waals surface area contributed by atoms with Gasteiger partial charge < -0.3 is 14.7 Å². The van der Waals surface area contributed by atoms with Crippen LogP contribution in [0.4, 0.5) is 0 Å². The fourth-order valence-corrected chi connectivity index (χ4v) is 2.16. The molecule has 20 heavy (non-hydrogen) atoms. The molecular weight excluding hydrogens is 262 g/mol. The van der Waals surface area contributed by atoms with Crippen molar-refractivity contribution < 1.29 is 19.4 Å². The lowest BCUT2D eigenvalue weighted by Gasteiger charge is -2.34. The van der Waals surface area contributed by atoms with Crippen LogP contribution in [0.5, 0.6) is 0 Å². The summed E-state index contributed by atoms with van der Waals surface area (Å²) in [5.74, 6) is -1.31. The van der Waals surface area contributed by atoms with Crippen molar-refractivity contribution in [3.8, 4) is 0 Å². The lowest BCUT2D eigenvalue weighted by molar-refractivity contribution is -0.160. The van der Waals surface area contributed by atoms with E-state index in [0.29, 0.717) is 12.2 Å². The summed E-state index contributed by atoms with van der Waals surface area (Å²) < 4.78 is 6.99. The lowest BCUT2D eigenvalue weighted by Crippen LogP contribution is -2.51. The van der Waals surface area contributed by atoms with E-state index in [9.17, 15) is 9.59 Å². The highest BCUT2D eigenvalue weighted by atomic mass is 16.5. The van der Waals surface area contributed by atoms with E-state index in [-0.39, 0.29) is 24.6 Å². The first-order valence-electron chi connectivity index (χ1n) is 6.61. The van der Waals surface area contributed by atoms with E-state index in [4.69, 9.17) is 9.84 Å². The zero-order valence-corrected chi connectivity index (χ0v) is 11.8. The number of morpholine rings is 1. The van der Waals surface area contributed by atoms with Gasteiger partial charge in [0.05, 0.1) is 12.6 Å². The van der Waals surface area contributed by atoms with Crippen molar-refractivity contribution in [2.24, 2.45) is 0 Å². The topological polar surface area (TPSA) is 84.7 Å². The Labute approximate surface area is 117 Å². The van der Waals surface area contributed by atoms with Crippen molar-refractivity contribution in [3.63, 3.8) is 0 Å². The summed E-state index contributed by atoms with van der Waals surface area (Å²) in [6.07, 6.45) is 0.465. The van der Waals surface area contributed by atoms with Crippen LogP contribution in [-0.4, -0.2) is 57.0 Å². The Balaban J connectivity index is 2.12. The number of carboxylic acids is 1. The van der Waals surface area contributed by atoms with Crippen LogP contribution in [0.3, 0.4) is 0 Å². The van der Waals surface area contributed by atoms with Crippen LogP contribution in [0.1, 0.15) is 37.3 Å². The summed E-state index contributed by atoms with van der Waals surface area (Å²) in [5.41, 5.74) is 0.330. The van der Waals surface area contributed by atoms with Gasteiger partial charge >= 0.3 is 5.97 Å². The minimum Gasteiger partial charge on any atom is -0.479 e. The second-order valence-electron chi connectivity index (χ2n) is 5.26. The Morgan fingerprint density at radius 1 is 1.45 bits per heavy atom. The first kappa shape index (κ1) is 14.5. The molecule has 7 nitrogen and oxygen atoms in total. The first-order valence-corrected chi connectivity index (χ1v) is 6.61. The van der Waals surface area contributed by atoms with E-state index in [1.165, 1.54) is 4.90 Å². The summed E-state index contributed by atoms with van der Waals surface area (Å²) >= 11 is 0. The van der Waals surface area contributed by atoms with Crippen LogP contribution in [-0.2, 0) is 9.53 Å². The quantitative estimate of drug-likeness (QED) is 0.885. The highest BCUT2D eigenvalue weighted by Crippen LogP contribution is 2.15. The smallest absolute Gasteiger partial charge is 0.334 e. The second-order valence-corrected chi connectivity index (χ2v) is 5.26. The number of rotatable bonds is 3. The summed E-state index contributed by atoms with van der Waals surface area (Å²) in [4.78, 5) is 24.9. The normalized spacial score (nSPS) is 23.1. The summed E-state index contributed by atoms with van der Waals surface area (Å²) in [7, 11) is 0. The van der Waals surface area contributed by atoms with E-state index in [1.54, 1.807) is 23.9 Å². The largest absolute Gasteiger partial charge is 0.479 e. The van der Waals surface area contributed by atoms with Crippen molar-refractivity contribution in [2.75, 3.05) is 13.1 Å². The number of aliphatic carboxylic acids is 1. The number of amides is 1. The fourth-order valence-electron chi connectivity index (χ4n) is 2.16. The highest BCUT2D eigenvalue weighted by molar-refractivity contribution is 5.92. The maximum atomic E-state index is 12.4. The third-order valence-electron chi connectivity index (χ3n) is 3.18. The molecule has 0 aliphatic carbocycles. The van der Waals surface area contributed by atoms with Crippen molar-refractivity contribution >= 4 is 11.9 Å². The number of carbonyl (C=O) groups is 2. The summed E-state index contributed by atoms with van der Waals surface area (Å²) in [5, 5.41) is 13.2. The molecule has 0 radical (unpaired) electrons. The lowest BCUT2D eigenvalue weighted by atomic mass is 10.2. The van der Waals surface area contributed by atoms with Crippen molar-refractivity contribution in [1.82, 2.24) is 14.7 Å². The average Bonchev–Trinajstić information content (AvgIpc) is 2.86. The van der Waals surface area contributed by atoms with E-state index >= 15 is 0 Å². The number of ether oxygens (including phenoxy) is 1. The zero-order valence-electron chi connectivity index (χ0n) is 11.8. The Morgan fingerprint density at radius 3 is 2.70 bits per heavy atom. The van der Waals surface area contributed by atoms with E-state index < -0.39 is 12.1 Å². The maximum Gasteiger partial charge on any atom is 0.334 e. The maximum absolute atomic E-state index is 12.4. The minimum absolute atomic E-state index is 0.0487. The number of hydrogen-bond acceptors (Lipinski definition) is 4. The first-order chi connectivity index (χ1) is 9.38. The molecule has 1 aromatic heterocycles. The second kappa shape index (κ2) is 5.62. The molecule has 1 aliphatic heterocycles. The zero-order chi connectivity index (χ0) is 14.9. The molecule has 1 saturated heterocycles. The molecule has 2 rings (SSSR count). The molecule has 0 saturated carbocycles. The van der Waals surface area contributed by atoms with Gasteiger partial charge in [0.1, 0.15) is 5.69 Å². The van der Waals surface area contributed by atoms with Crippen LogP contribution in [0.25, 0.3) is 0 Å². The third kappa shape index (κ3) is 2.98. The number of carbonyl (C=O) groups excluding carboxylic acids is 1. The molecule has 1 fully saturated rings. The fraction of sp³-hybridized carbons (Fsp3) is 0.615. The Hall–Kier alpha value is -1.89. The SMILES string of the molecule is CC(C)n1ccc(C(=O)N2CC(C(=O)O)O[C@H](C)C2)n1. The van der Waals surface area contributed by atoms with Gasteiger partial charge in [0.2, 0.25) is 0 Å². The molecule has 0 bridgehead atoms. The number of carboxylic acid groups (broad SMARTS) is 1. The van der Waals surface area contributed by atoms with Crippen LogP contribution in [0.2, 0.25) is 0 Å². The molecule has 2 heterocycles. The molecule has 1 aromatic rings. The standard InChI is InChI=1S/C13H19N3O4/c1-8(2)16-5-4-10(14-16)12(17)15-6-9(3)20-11(7-15)13(18)19/h4-5,8-9,11H,6-7H2,1-3H3,(H,18,19)/t9-,11?/m1/s1. The van der Waals surface area contributed by atoms with Gasteiger partial charge in [-0.2, -0.15) is 5.10 Å². The Bertz CT molecular complexity index is 511. The van der Waals surface area contributed by atoms with Gasteiger partial charge in [-0.25, -0.2) is 4.79 Å². The molecular formula is C13H19N3O4.